The summed E-state index contributed by atoms with van der Waals surface area (Å²) in [6.07, 6.45) is 1.57. The number of carboxylic acids is 1. The summed E-state index contributed by atoms with van der Waals surface area (Å²) in [5.74, 6) is 0.929. The van der Waals surface area contributed by atoms with E-state index in [2.05, 4.69) is 16.8 Å². The molecule has 10 heteroatoms. The van der Waals surface area contributed by atoms with Crippen LogP contribution in [-0.2, 0) is 4.79 Å². The van der Waals surface area contributed by atoms with Crippen molar-refractivity contribution in [1.29, 1.82) is 0 Å². The fourth-order valence-electron chi connectivity index (χ4n) is 4.78. The number of aliphatic hydroxyl groups is 1. The second-order valence-electron chi connectivity index (χ2n) is 9.37. The molecule has 0 radical (unpaired) electrons. The Morgan fingerprint density at radius 3 is 2.53 bits per heavy atom. The molecule has 38 heavy (non-hydrogen) atoms. The maximum Gasteiger partial charge on any atom is 0.309 e. The number of methoxy groups -OCH3 is 1. The summed E-state index contributed by atoms with van der Waals surface area (Å²) < 4.78 is 45.1. The van der Waals surface area contributed by atoms with Crippen LogP contribution in [0.15, 0.2) is 36.5 Å². The number of likely N-dealkylation sites (tertiary alicyclic amines) is 1. The molecule has 0 unspecified atom stereocenters. The fourth-order valence-corrected chi connectivity index (χ4v) is 5.06. The van der Waals surface area contributed by atoms with Crippen LogP contribution in [0.5, 0.6) is 5.75 Å². The molecule has 1 atom stereocenters. The van der Waals surface area contributed by atoms with E-state index >= 15 is 0 Å². The lowest BCUT2D eigenvalue weighted by molar-refractivity contribution is -0.153. The van der Waals surface area contributed by atoms with Crippen LogP contribution in [0.3, 0.4) is 0 Å². The number of fused-ring (bicyclic) bond motifs is 1. The minimum absolute atomic E-state index is 0.0206. The first-order valence-corrected chi connectivity index (χ1v) is 12.4. The Hall–Kier alpha value is -3.32. The number of hydrogen-bond donors (Lipinski definition) is 2. The third kappa shape index (κ3) is 5.88. The first-order chi connectivity index (χ1) is 18.1. The molecule has 1 saturated heterocycles. The van der Waals surface area contributed by atoms with Gasteiger partial charge in [-0.25, -0.2) is 13.2 Å². The van der Waals surface area contributed by atoms with Gasteiger partial charge in [0.25, 0.3) is 0 Å². The van der Waals surface area contributed by atoms with Gasteiger partial charge >= 0.3 is 5.97 Å². The van der Waals surface area contributed by atoms with Crippen LogP contribution in [0, 0.1) is 34.7 Å². The van der Waals surface area contributed by atoms with E-state index in [1.807, 2.05) is 4.90 Å². The third-order valence-corrected chi connectivity index (χ3v) is 7.38. The van der Waals surface area contributed by atoms with Gasteiger partial charge in [0.15, 0.2) is 17.5 Å². The number of aliphatic hydroxyl groups excluding tert-OH is 1. The van der Waals surface area contributed by atoms with Gasteiger partial charge in [0.2, 0.25) is 0 Å². The first kappa shape index (κ1) is 27.7. The molecule has 200 valence electrons. The summed E-state index contributed by atoms with van der Waals surface area (Å²) in [6.45, 7) is 1.15. The fraction of sp³-hybridized carbons (Fsp3) is 0.357. The molecule has 1 aliphatic heterocycles. The lowest BCUT2D eigenvalue weighted by Gasteiger charge is -2.38. The molecule has 0 aliphatic carbocycles. The van der Waals surface area contributed by atoms with Crippen LogP contribution >= 0.6 is 11.6 Å². The molecule has 1 aromatic heterocycles. The number of aliphatic carboxylic acids is 1. The lowest BCUT2D eigenvalue weighted by Crippen LogP contribution is -2.44. The Bertz CT molecular complexity index is 1390. The standard InChI is InChI=1S/C28H26ClF3N2O4/c1-38-18-4-5-23-19(15-18)25(20(29)16-33-23)24(35)6-7-28(27(36)37)8-11-34(12-9-28)10-2-3-17-13-21(30)26(32)22(31)14-17/h4-5,13-16,24,35H,6-12H2,1H3,(H,36,37)/t24-/m0/s1. The van der Waals surface area contributed by atoms with Crippen LogP contribution < -0.4 is 4.74 Å². The number of hydrogen-bond acceptors (Lipinski definition) is 5. The van der Waals surface area contributed by atoms with Crippen molar-refractivity contribution in [1.82, 2.24) is 9.88 Å². The highest BCUT2D eigenvalue weighted by molar-refractivity contribution is 6.32. The van der Waals surface area contributed by atoms with E-state index < -0.39 is 34.9 Å². The molecule has 6 nitrogen and oxygen atoms in total. The lowest BCUT2D eigenvalue weighted by atomic mass is 9.74. The normalized spacial score (nSPS) is 16.1. The van der Waals surface area contributed by atoms with Crippen molar-refractivity contribution >= 4 is 28.5 Å². The molecule has 1 fully saturated rings. The molecule has 4 rings (SSSR count). The molecule has 0 bridgehead atoms. The number of aromatic nitrogens is 1. The van der Waals surface area contributed by atoms with Crippen LogP contribution in [0.1, 0.15) is 42.9 Å². The maximum absolute atomic E-state index is 13.4. The largest absolute Gasteiger partial charge is 0.497 e. The molecule has 2 heterocycles. The molecule has 0 spiro atoms. The van der Waals surface area contributed by atoms with Gasteiger partial charge in [0, 0.05) is 35.8 Å². The van der Waals surface area contributed by atoms with Crippen LogP contribution in [0.2, 0.25) is 5.02 Å². The Balaban J connectivity index is 1.41. The van der Waals surface area contributed by atoms with Crippen molar-refractivity contribution in [2.45, 2.75) is 31.8 Å². The monoisotopic (exact) mass is 546 g/mol. The number of rotatable bonds is 7. The first-order valence-electron chi connectivity index (χ1n) is 12.0. The summed E-state index contributed by atoms with van der Waals surface area (Å²) in [7, 11) is 1.53. The topological polar surface area (TPSA) is 82.9 Å². The molecule has 2 aromatic carbocycles. The smallest absolute Gasteiger partial charge is 0.309 e. The number of ether oxygens (including phenoxy) is 1. The molecule has 0 saturated carbocycles. The van der Waals surface area contributed by atoms with Gasteiger partial charge < -0.3 is 14.9 Å². The van der Waals surface area contributed by atoms with E-state index in [1.54, 1.807) is 18.2 Å². The van der Waals surface area contributed by atoms with E-state index in [-0.39, 0.29) is 30.0 Å². The molecular formula is C28H26ClF3N2O4. The number of pyridine rings is 1. The quantitative estimate of drug-likeness (QED) is 0.307. The Labute approximate surface area is 223 Å². The van der Waals surface area contributed by atoms with Gasteiger partial charge in [-0.05, 0) is 56.0 Å². The number of piperidine rings is 1. The Morgan fingerprint density at radius 2 is 1.89 bits per heavy atom. The van der Waals surface area contributed by atoms with E-state index in [0.29, 0.717) is 48.1 Å². The zero-order chi connectivity index (χ0) is 27.4. The average Bonchev–Trinajstić information content (AvgIpc) is 2.90. The maximum atomic E-state index is 13.4. The summed E-state index contributed by atoms with van der Waals surface area (Å²) in [4.78, 5) is 18.5. The van der Waals surface area contributed by atoms with E-state index in [1.165, 1.54) is 13.3 Å². The van der Waals surface area contributed by atoms with Gasteiger partial charge in [0.05, 0.1) is 35.7 Å². The molecule has 0 amide bonds. The van der Waals surface area contributed by atoms with Gasteiger partial charge in [-0.2, -0.15) is 0 Å². The number of carbonyl (C=O) groups is 1. The number of carboxylic acid groups (broad SMARTS) is 1. The minimum atomic E-state index is -1.54. The number of halogens is 4. The van der Waals surface area contributed by atoms with Crippen molar-refractivity contribution in [3.05, 3.63) is 70.1 Å². The molecule has 3 aromatic rings. The van der Waals surface area contributed by atoms with Gasteiger partial charge in [-0.15, -0.1) is 0 Å². The second kappa shape index (κ2) is 11.6. The molecule has 2 N–H and O–H groups in total. The van der Waals surface area contributed by atoms with Crippen molar-refractivity contribution in [3.63, 3.8) is 0 Å². The predicted molar refractivity (Wildman–Crippen MR) is 136 cm³/mol. The Kier molecular flexibility index (Phi) is 8.46. The number of nitrogens with zero attached hydrogens (tertiary/aromatic N) is 2. The van der Waals surface area contributed by atoms with E-state index in [0.717, 1.165) is 12.1 Å². The zero-order valence-electron chi connectivity index (χ0n) is 20.6. The highest BCUT2D eigenvalue weighted by atomic mass is 35.5. The van der Waals surface area contributed by atoms with Crippen molar-refractivity contribution in [2.75, 3.05) is 26.7 Å². The second-order valence-corrected chi connectivity index (χ2v) is 9.78. The molecular weight excluding hydrogens is 521 g/mol. The summed E-state index contributed by atoms with van der Waals surface area (Å²) >= 11 is 6.39. The van der Waals surface area contributed by atoms with Gasteiger partial charge in [-0.1, -0.05) is 23.4 Å². The summed E-state index contributed by atoms with van der Waals surface area (Å²) in [5, 5.41) is 22.1. The Morgan fingerprint density at radius 1 is 1.21 bits per heavy atom. The number of benzene rings is 2. The summed E-state index contributed by atoms with van der Waals surface area (Å²) in [5.41, 5.74) is 0.114. The van der Waals surface area contributed by atoms with Gasteiger partial charge in [-0.3, -0.25) is 14.7 Å². The zero-order valence-corrected chi connectivity index (χ0v) is 21.4. The predicted octanol–water partition coefficient (Wildman–Crippen LogP) is 5.35. The van der Waals surface area contributed by atoms with E-state index in [4.69, 9.17) is 16.3 Å². The van der Waals surface area contributed by atoms with Crippen LogP contribution in [0.25, 0.3) is 10.9 Å². The third-order valence-electron chi connectivity index (χ3n) is 7.08. The van der Waals surface area contributed by atoms with Gasteiger partial charge in [0.1, 0.15) is 5.75 Å². The highest BCUT2D eigenvalue weighted by Gasteiger charge is 2.41. The van der Waals surface area contributed by atoms with Crippen molar-refractivity contribution in [2.24, 2.45) is 5.41 Å². The van der Waals surface area contributed by atoms with Crippen molar-refractivity contribution < 1.29 is 32.9 Å². The van der Waals surface area contributed by atoms with Crippen LogP contribution in [0.4, 0.5) is 13.2 Å². The van der Waals surface area contributed by atoms with Crippen LogP contribution in [-0.4, -0.2) is 52.8 Å². The minimum Gasteiger partial charge on any atom is -0.497 e. The average molecular weight is 547 g/mol. The SMILES string of the molecule is COc1ccc2ncc(Cl)c([C@@H](O)CCC3(C(=O)O)CCN(CC#Cc4cc(F)c(F)c(F)c4)CC3)c2c1. The van der Waals surface area contributed by atoms with Crippen molar-refractivity contribution in [3.8, 4) is 17.6 Å². The summed E-state index contributed by atoms with van der Waals surface area (Å²) in [6, 6.07) is 6.93. The molecule has 1 aliphatic rings. The highest BCUT2D eigenvalue weighted by Crippen LogP contribution is 2.41. The van der Waals surface area contributed by atoms with E-state index in [9.17, 15) is 28.2 Å².